The highest BCUT2D eigenvalue weighted by Gasteiger charge is 2.12. The summed E-state index contributed by atoms with van der Waals surface area (Å²) in [6.07, 6.45) is 0.914. The van der Waals surface area contributed by atoms with Crippen LogP contribution in [-0.2, 0) is 5.75 Å². The number of aryl methyl sites for hydroxylation is 1. The summed E-state index contributed by atoms with van der Waals surface area (Å²) >= 11 is 1.69. The van der Waals surface area contributed by atoms with Crippen molar-refractivity contribution in [2.24, 2.45) is 0 Å². The van der Waals surface area contributed by atoms with E-state index < -0.39 is 0 Å². The molecule has 0 unspecified atom stereocenters. The van der Waals surface area contributed by atoms with Crippen molar-refractivity contribution in [3.05, 3.63) is 59.9 Å². The highest BCUT2D eigenvalue weighted by Crippen LogP contribution is 2.35. The van der Waals surface area contributed by atoms with Crippen LogP contribution in [0, 0.1) is 6.92 Å². The maximum atomic E-state index is 5.74. The van der Waals surface area contributed by atoms with Gasteiger partial charge in [-0.1, -0.05) is 35.0 Å². The van der Waals surface area contributed by atoms with Gasteiger partial charge < -0.3 is 14.0 Å². The van der Waals surface area contributed by atoms with Gasteiger partial charge in [-0.2, -0.15) is 0 Å². The van der Waals surface area contributed by atoms with Gasteiger partial charge >= 0.3 is 0 Å². The minimum absolute atomic E-state index is 0.698. The van der Waals surface area contributed by atoms with Crippen LogP contribution in [0.5, 0.6) is 11.5 Å². The lowest BCUT2D eigenvalue weighted by Gasteiger charge is -2.08. The van der Waals surface area contributed by atoms with Gasteiger partial charge in [0.15, 0.2) is 11.5 Å². The Morgan fingerprint density at radius 2 is 1.76 bits per heavy atom. The first-order valence-corrected chi connectivity index (χ1v) is 9.31. The first-order chi connectivity index (χ1) is 12.3. The van der Waals surface area contributed by atoms with Crippen LogP contribution in [0.3, 0.4) is 0 Å². The average molecular weight is 353 g/mol. The van der Waals surface area contributed by atoms with Gasteiger partial charge in [-0.3, -0.25) is 0 Å². The number of nitrogens with zero attached hydrogens (tertiary/aromatic N) is 1. The molecule has 0 fully saturated rings. The highest BCUT2D eigenvalue weighted by molar-refractivity contribution is 7.98. The number of rotatable bonds is 4. The first-order valence-electron chi connectivity index (χ1n) is 8.33. The van der Waals surface area contributed by atoms with Gasteiger partial charge in [-0.15, -0.1) is 11.8 Å². The molecule has 0 saturated carbocycles. The number of benzene rings is 2. The fourth-order valence-electron chi connectivity index (χ4n) is 2.63. The maximum Gasteiger partial charge on any atom is 0.162 e. The van der Waals surface area contributed by atoms with Crippen molar-refractivity contribution < 1.29 is 14.0 Å². The molecule has 2 aromatic carbocycles. The van der Waals surface area contributed by atoms with E-state index in [0.29, 0.717) is 13.2 Å². The van der Waals surface area contributed by atoms with E-state index in [-0.39, 0.29) is 0 Å². The van der Waals surface area contributed by atoms with Gasteiger partial charge in [0.25, 0.3) is 0 Å². The summed E-state index contributed by atoms with van der Waals surface area (Å²) in [6.45, 7) is 3.48. The number of hydrogen-bond acceptors (Lipinski definition) is 5. The smallest absolute Gasteiger partial charge is 0.162 e. The van der Waals surface area contributed by atoms with Gasteiger partial charge in [0.1, 0.15) is 11.5 Å². The van der Waals surface area contributed by atoms with Crippen LogP contribution in [0.2, 0.25) is 0 Å². The second kappa shape index (κ2) is 7.23. The molecule has 25 heavy (non-hydrogen) atoms. The van der Waals surface area contributed by atoms with Crippen LogP contribution >= 0.6 is 11.8 Å². The summed E-state index contributed by atoms with van der Waals surface area (Å²) in [5, 5.41) is 4.18. The molecule has 128 valence electrons. The molecule has 4 rings (SSSR count). The molecular weight excluding hydrogens is 334 g/mol. The van der Waals surface area contributed by atoms with Crippen molar-refractivity contribution in [1.29, 1.82) is 0 Å². The quantitative estimate of drug-likeness (QED) is 0.610. The Kier molecular flexibility index (Phi) is 4.65. The zero-order chi connectivity index (χ0) is 17.1. The summed E-state index contributed by atoms with van der Waals surface area (Å²) in [7, 11) is 0. The highest BCUT2D eigenvalue weighted by atomic mass is 32.2. The summed E-state index contributed by atoms with van der Waals surface area (Å²) in [5.74, 6) is 3.22. The number of aromatic nitrogens is 1. The first kappa shape index (κ1) is 16.1. The molecule has 2 heterocycles. The molecule has 0 atom stereocenters. The number of ether oxygens (including phenoxy) is 2. The van der Waals surface area contributed by atoms with E-state index >= 15 is 0 Å². The van der Waals surface area contributed by atoms with Crippen molar-refractivity contribution in [1.82, 2.24) is 5.16 Å². The second-order valence-electron chi connectivity index (χ2n) is 5.99. The zero-order valence-electron chi connectivity index (χ0n) is 14.0. The Morgan fingerprint density at radius 3 is 2.60 bits per heavy atom. The molecule has 0 amide bonds. The van der Waals surface area contributed by atoms with Gasteiger partial charge in [0, 0.05) is 22.9 Å². The van der Waals surface area contributed by atoms with Crippen molar-refractivity contribution in [2.45, 2.75) is 24.0 Å². The molecule has 0 saturated heterocycles. The van der Waals surface area contributed by atoms with E-state index in [1.54, 1.807) is 11.8 Å². The Hall–Kier alpha value is -2.40. The summed E-state index contributed by atoms with van der Waals surface area (Å²) in [4.78, 5) is 1.12. The van der Waals surface area contributed by atoms with E-state index in [1.807, 2.05) is 18.2 Å². The maximum absolute atomic E-state index is 5.74. The third-order valence-corrected chi connectivity index (χ3v) is 5.02. The molecule has 4 nitrogen and oxygen atoms in total. The van der Waals surface area contributed by atoms with Gasteiger partial charge in [0.2, 0.25) is 0 Å². The molecule has 0 radical (unpaired) electrons. The van der Waals surface area contributed by atoms with Crippen LogP contribution < -0.4 is 9.47 Å². The van der Waals surface area contributed by atoms with Crippen molar-refractivity contribution in [3.63, 3.8) is 0 Å². The van der Waals surface area contributed by atoms with Gasteiger partial charge in [-0.05, 0) is 25.1 Å². The largest absolute Gasteiger partial charge is 0.490 e. The predicted molar refractivity (Wildman–Crippen MR) is 98.3 cm³/mol. The Bertz CT molecular complexity index is 858. The van der Waals surface area contributed by atoms with Crippen molar-refractivity contribution in [3.8, 4) is 22.8 Å². The molecule has 0 bridgehead atoms. The lowest BCUT2D eigenvalue weighted by Crippen LogP contribution is -1.97. The summed E-state index contributed by atoms with van der Waals surface area (Å²) < 4.78 is 16.9. The third-order valence-electron chi connectivity index (χ3n) is 4.01. The van der Waals surface area contributed by atoms with Crippen LogP contribution in [0.15, 0.2) is 57.9 Å². The van der Waals surface area contributed by atoms with Crippen molar-refractivity contribution >= 4 is 11.8 Å². The fourth-order valence-corrected chi connectivity index (χ4v) is 3.43. The number of thioether (sulfide) groups is 1. The number of fused-ring (bicyclic) bond motifs is 1. The standard InChI is InChI=1S/C20H19NO3S/c1-14-3-5-15(6-4-14)18-11-16(24-21-18)13-25-17-7-8-19-20(12-17)23-10-2-9-22-19/h3-8,11-12H,2,9-10,13H2,1H3. The molecule has 5 heteroatoms. The van der Waals surface area contributed by atoms with Crippen LogP contribution in [0.1, 0.15) is 17.7 Å². The van der Waals surface area contributed by atoms with E-state index in [0.717, 1.165) is 45.6 Å². The minimum atomic E-state index is 0.698. The molecule has 3 aromatic rings. The SMILES string of the molecule is Cc1ccc(-c2cc(CSc3ccc4c(c3)OCCCO4)on2)cc1. The minimum Gasteiger partial charge on any atom is -0.490 e. The molecule has 1 aliphatic rings. The normalized spacial score (nSPS) is 13.5. The average Bonchev–Trinajstić information content (AvgIpc) is 2.98. The second-order valence-corrected chi connectivity index (χ2v) is 7.04. The van der Waals surface area contributed by atoms with E-state index in [1.165, 1.54) is 5.56 Å². The lowest BCUT2D eigenvalue weighted by molar-refractivity contribution is 0.297. The molecule has 0 N–H and O–H groups in total. The molecule has 1 aliphatic heterocycles. The van der Waals surface area contributed by atoms with E-state index in [9.17, 15) is 0 Å². The van der Waals surface area contributed by atoms with Crippen molar-refractivity contribution in [2.75, 3.05) is 13.2 Å². The van der Waals surface area contributed by atoms with Gasteiger partial charge in [0.05, 0.1) is 19.0 Å². The van der Waals surface area contributed by atoms with Crippen LogP contribution in [-0.4, -0.2) is 18.4 Å². The molecular formula is C20H19NO3S. The zero-order valence-corrected chi connectivity index (χ0v) is 14.8. The Labute approximate surface area is 151 Å². The number of hydrogen-bond donors (Lipinski definition) is 0. The fraction of sp³-hybridized carbons (Fsp3) is 0.250. The molecule has 0 spiro atoms. The summed E-state index contributed by atoms with van der Waals surface area (Å²) in [6, 6.07) is 16.3. The van der Waals surface area contributed by atoms with E-state index in [2.05, 4.69) is 42.4 Å². The molecule has 0 aliphatic carbocycles. The third kappa shape index (κ3) is 3.82. The Balaban J connectivity index is 1.43. The van der Waals surface area contributed by atoms with Gasteiger partial charge in [-0.25, -0.2) is 0 Å². The lowest BCUT2D eigenvalue weighted by atomic mass is 10.1. The monoisotopic (exact) mass is 353 g/mol. The molecule has 1 aromatic heterocycles. The van der Waals surface area contributed by atoms with Crippen LogP contribution in [0.25, 0.3) is 11.3 Å². The predicted octanol–water partition coefficient (Wildman–Crippen LogP) is 5.10. The van der Waals surface area contributed by atoms with Crippen LogP contribution in [0.4, 0.5) is 0 Å². The van der Waals surface area contributed by atoms with E-state index in [4.69, 9.17) is 14.0 Å². The topological polar surface area (TPSA) is 44.5 Å². The Morgan fingerprint density at radius 1 is 0.960 bits per heavy atom. The summed E-state index contributed by atoms with van der Waals surface area (Å²) in [5.41, 5.74) is 3.17.